The molecule has 0 aliphatic rings. The van der Waals surface area contributed by atoms with Crippen molar-refractivity contribution in [1.29, 1.82) is 0 Å². The first-order valence-electron chi connectivity index (χ1n) is 7.85. The number of hydrogen-bond acceptors (Lipinski definition) is 6. The third kappa shape index (κ3) is 8.41. The Labute approximate surface area is 131 Å². The van der Waals surface area contributed by atoms with Gasteiger partial charge in [-0.2, -0.15) is 0 Å². The van der Waals surface area contributed by atoms with Crippen molar-refractivity contribution in [3.8, 4) is 0 Å². The molecule has 0 aliphatic carbocycles. The van der Waals surface area contributed by atoms with Gasteiger partial charge in [0.05, 0.1) is 11.5 Å². The standard InChI is InChI=1S/C13H35N3O3Si2/c1-6-8-15-10-12(17)20(2,3)19-21(4,5)13(18)11-16-9-7-14/h12-13,15-18H,6-11,14H2,1-5H3. The molecule has 2 unspecified atom stereocenters. The normalized spacial score (nSPS) is 16.0. The SMILES string of the molecule is CCCNCC(O)[Si](C)(C)O[Si](C)(C)C(O)CNCCN. The Balaban J connectivity index is 4.43. The zero-order valence-corrected chi connectivity index (χ0v) is 16.3. The van der Waals surface area contributed by atoms with E-state index in [4.69, 9.17) is 9.85 Å². The van der Waals surface area contributed by atoms with Crippen molar-refractivity contribution in [2.75, 3.05) is 32.7 Å². The highest BCUT2D eigenvalue weighted by Crippen LogP contribution is 2.20. The van der Waals surface area contributed by atoms with E-state index in [2.05, 4.69) is 17.6 Å². The molecule has 0 amide bonds. The van der Waals surface area contributed by atoms with Gasteiger partial charge in [0, 0.05) is 26.2 Å². The van der Waals surface area contributed by atoms with Gasteiger partial charge < -0.3 is 30.7 Å². The highest BCUT2D eigenvalue weighted by molar-refractivity contribution is 6.86. The number of nitrogens with two attached hydrogens (primary N) is 1. The third-order valence-corrected chi connectivity index (χ3v) is 11.4. The number of aliphatic hydroxyl groups is 2. The molecule has 2 atom stereocenters. The number of hydrogen-bond donors (Lipinski definition) is 5. The maximum absolute atomic E-state index is 10.3. The summed E-state index contributed by atoms with van der Waals surface area (Å²) >= 11 is 0. The fraction of sp³-hybridized carbons (Fsp3) is 1.00. The van der Waals surface area contributed by atoms with Crippen molar-refractivity contribution < 1.29 is 14.3 Å². The van der Waals surface area contributed by atoms with Gasteiger partial charge in [0.2, 0.25) is 16.6 Å². The lowest BCUT2D eigenvalue weighted by atomic mass is 10.5. The highest BCUT2D eigenvalue weighted by Gasteiger charge is 2.42. The van der Waals surface area contributed by atoms with Crippen molar-refractivity contribution in [2.45, 2.75) is 51.0 Å². The van der Waals surface area contributed by atoms with Gasteiger partial charge in [0.15, 0.2) is 0 Å². The molecule has 6 N–H and O–H groups in total. The van der Waals surface area contributed by atoms with Crippen molar-refractivity contribution in [3.05, 3.63) is 0 Å². The highest BCUT2D eigenvalue weighted by atomic mass is 28.4. The molecule has 6 nitrogen and oxygen atoms in total. The third-order valence-electron chi connectivity index (χ3n) is 3.55. The molecule has 0 aliphatic heterocycles. The van der Waals surface area contributed by atoms with Crippen LogP contribution in [-0.2, 0) is 4.12 Å². The first-order chi connectivity index (χ1) is 9.67. The van der Waals surface area contributed by atoms with Crippen LogP contribution in [0.2, 0.25) is 26.2 Å². The van der Waals surface area contributed by atoms with Gasteiger partial charge in [-0.1, -0.05) is 6.92 Å². The quantitative estimate of drug-likeness (QED) is 0.249. The summed E-state index contributed by atoms with van der Waals surface area (Å²) in [7, 11) is -4.54. The lowest BCUT2D eigenvalue weighted by molar-refractivity contribution is 0.199. The lowest BCUT2D eigenvalue weighted by Gasteiger charge is -2.39. The van der Waals surface area contributed by atoms with Crippen LogP contribution in [0.5, 0.6) is 0 Å². The topological polar surface area (TPSA) is 99.8 Å². The molecule has 0 fully saturated rings. The van der Waals surface area contributed by atoms with Crippen molar-refractivity contribution in [2.24, 2.45) is 5.73 Å². The van der Waals surface area contributed by atoms with Gasteiger partial charge in [0.25, 0.3) is 0 Å². The van der Waals surface area contributed by atoms with Gasteiger partial charge in [0.1, 0.15) is 0 Å². The van der Waals surface area contributed by atoms with E-state index in [1.54, 1.807) is 0 Å². The van der Waals surface area contributed by atoms with E-state index in [0.717, 1.165) is 13.0 Å². The van der Waals surface area contributed by atoms with Crippen LogP contribution in [0.4, 0.5) is 0 Å². The predicted molar refractivity (Wildman–Crippen MR) is 93.1 cm³/mol. The summed E-state index contributed by atoms with van der Waals surface area (Å²) < 4.78 is 6.28. The molecule has 0 spiro atoms. The number of nitrogens with one attached hydrogen (secondary N) is 2. The van der Waals surface area contributed by atoms with Crippen LogP contribution in [0.1, 0.15) is 13.3 Å². The largest absolute Gasteiger partial charge is 0.452 e. The Morgan fingerprint density at radius 1 is 0.952 bits per heavy atom. The minimum atomic E-state index is -2.28. The molecule has 0 radical (unpaired) electrons. The molecule has 0 saturated carbocycles. The number of aliphatic hydroxyl groups excluding tert-OH is 2. The Bertz CT molecular complexity index is 255. The van der Waals surface area contributed by atoms with Gasteiger partial charge in [-0.15, -0.1) is 0 Å². The Hall–Kier alpha value is 0.194. The van der Waals surface area contributed by atoms with Crippen LogP contribution >= 0.6 is 0 Å². The Morgan fingerprint density at radius 3 is 1.76 bits per heavy atom. The van der Waals surface area contributed by atoms with E-state index in [0.29, 0.717) is 26.2 Å². The smallest absolute Gasteiger partial charge is 0.203 e. The molecule has 0 aromatic heterocycles. The van der Waals surface area contributed by atoms with Crippen molar-refractivity contribution in [1.82, 2.24) is 10.6 Å². The molecule has 0 aromatic rings. The maximum atomic E-state index is 10.3. The second-order valence-corrected chi connectivity index (χ2v) is 15.1. The molecule has 0 bridgehead atoms. The lowest BCUT2D eigenvalue weighted by Crippen LogP contribution is -2.60. The summed E-state index contributed by atoms with van der Waals surface area (Å²) in [4.78, 5) is 0. The van der Waals surface area contributed by atoms with E-state index in [-0.39, 0.29) is 0 Å². The zero-order chi connectivity index (χ0) is 16.5. The average molecular weight is 338 g/mol. The monoisotopic (exact) mass is 337 g/mol. The van der Waals surface area contributed by atoms with Gasteiger partial charge in [-0.25, -0.2) is 0 Å². The van der Waals surface area contributed by atoms with Crippen LogP contribution < -0.4 is 16.4 Å². The minimum absolute atomic E-state index is 0.472. The van der Waals surface area contributed by atoms with E-state index in [1.165, 1.54) is 0 Å². The molecular formula is C13H35N3O3Si2. The summed E-state index contributed by atoms with van der Waals surface area (Å²) in [6, 6.07) is 0. The van der Waals surface area contributed by atoms with E-state index < -0.39 is 28.1 Å². The first-order valence-corrected chi connectivity index (χ1v) is 13.8. The molecule has 0 rings (SSSR count). The van der Waals surface area contributed by atoms with Crippen LogP contribution in [-0.4, -0.2) is 71.0 Å². The molecule has 0 aromatic carbocycles. The summed E-state index contributed by atoms with van der Waals surface area (Å²) in [6.45, 7) is 13.3. The molecule has 128 valence electrons. The van der Waals surface area contributed by atoms with Crippen LogP contribution in [0.15, 0.2) is 0 Å². The molecule has 8 heteroatoms. The summed E-state index contributed by atoms with van der Waals surface area (Å²) in [5, 5.41) is 27.0. The fourth-order valence-electron chi connectivity index (χ4n) is 2.06. The van der Waals surface area contributed by atoms with E-state index in [9.17, 15) is 10.2 Å². The van der Waals surface area contributed by atoms with Crippen molar-refractivity contribution in [3.63, 3.8) is 0 Å². The maximum Gasteiger partial charge on any atom is 0.203 e. The summed E-state index contributed by atoms with van der Waals surface area (Å²) in [5.74, 6) is 0. The predicted octanol–water partition coefficient (Wildman–Crippen LogP) is -0.239. The molecular weight excluding hydrogens is 302 g/mol. The van der Waals surface area contributed by atoms with Gasteiger partial charge >= 0.3 is 0 Å². The van der Waals surface area contributed by atoms with Crippen molar-refractivity contribution >= 4 is 16.6 Å². The fourth-order valence-corrected chi connectivity index (χ4v) is 9.85. The van der Waals surface area contributed by atoms with Gasteiger partial charge in [-0.3, -0.25) is 0 Å². The zero-order valence-electron chi connectivity index (χ0n) is 14.3. The first kappa shape index (κ1) is 21.2. The van der Waals surface area contributed by atoms with E-state index >= 15 is 0 Å². The average Bonchev–Trinajstić information content (AvgIpc) is 2.37. The molecule has 21 heavy (non-hydrogen) atoms. The molecule has 0 saturated heterocycles. The van der Waals surface area contributed by atoms with Crippen LogP contribution in [0.3, 0.4) is 0 Å². The number of rotatable bonds is 12. The summed E-state index contributed by atoms with van der Waals surface area (Å²) in [6.07, 6.45) is 1.04. The van der Waals surface area contributed by atoms with Crippen LogP contribution in [0.25, 0.3) is 0 Å². The Morgan fingerprint density at radius 2 is 1.38 bits per heavy atom. The Kier molecular flexibility index (Phi) is 10.2. The van der Waals surface area contributed by atoms with E-state index in [1.807, 2.05) is 26.2 Å². The minimum Gasteiger partial charge on any atom is -0.452 e. The second kappa shape index (κ2) is 10.1. The molecule has 0 heterocycles. The van der Waals surface area contributed by atoms with Gasteiger partial charge in [-0.05, 0) is 39.2 Å². The van der Waals surface area contributed by atoms with Crippen LogP contribution in [0, 0.1) is 0 Å². The second-order valence-electron chi connectivity index (χ2n) is 6.54. The summed E-state index contributed by atoms with van der Waals surface area (Å²) in [5.41, 5.74) is 4.45.